The topological polar surface area (TPSA) is 32.3 Å². The molecule has 0 saturated heterocycles. The quantitative estimate of drug-likeness (QED) is 0.601. The lowest BCUT2D eigenvalue weighted by atomic mass is 9.83. The fraction of sp³-hybridized carbons (Fsp3) is 0.786. The van der Waals surface area contributed by atoms with E-state index in [9.17, 15) is 4.79 Å². The highest BCUT2D eigenvalue weighted by atomic mass is 16.2. The zero-order valence-electron chi connectivity index (χ0n) is 11.7. The normalized spacial score (nSPS) is 16.9. The summed E-state index contributed by atoms with van der Waals surface area (Å²) in [7, 11) is 0. The van der Waals surface area contributed by atoms with Crippen LogP contribution in [-0.2, 0) is 4.79 Å². The van der Waals surface area contributed by atoms with Gasteiger partial charge < -0.3 is 10.2 Å². The third-order valence-corrected chi connectivity index (χ3v) is 3.29. The van der Waals surface area contributed by atoms with Crippen LogP contribution in [0.1, 0.15) is 40.5 Å². The van der Waals surface area contributed by atoms with Crippen LogP contribution in [0.15, 0.2) is 11.6 Å². The van der Waals surface area contributed by atoms with Crippen molar-refractivity contribution in [2.24, 2.45) is 5.41 Å². The van der Waals surface area contributed by atoms with Gasteiger partial charge in [0.15, 0.2) is 0 Å². The first kappa shape index (κ1) is 14.2. The van der Waals surface area contributed by atoms with E-state index in [0.29, 0.717) is 6.42 Å². The minimum absolute atomic E-state index is 0.249. The molecule has 1 aliphatic rings. The van der Waals surface area contributed by atoms with Crippen LogP contribution in [0.3, 0.4) is 0 Å². The van der Waals surface area contributed by atoms with Crippen molar-refractivity contribution < 1.29 is 4.79 Å². The molecule has 3 nitrogen and oxygen atoms in total. The summed E-state index contributed by atoms with van der Waals surface area (Å²) >= 11 is 0. The van der Waals surface area contributed by atoms with Crippen molar-refractivity contribution >= 4 is 5.91 Å². The Bertz CT molecular complexity index is 289. The molecule has 0 bridgehead atoms. The molecular formula is C14H26N2O. The molecule has 1 amide bonds. The maximum absolute atomic E-state index is 11.9. The van der Waals surface area contributed by atoms with Crippen LogP contribution < -0.4 is 5.32 Å². The molecule has 0 saturated carbocycles. The van der Waals surface area contributed by atoms with Crippen LogP contribution in [0.4, 0.5) is 0 Å². The summed E-state index contributed by atoms with van der Waals surface area (Å²) in [6, 6.07) is 0. The first-order valence-electron chi connectivity index (χ1n) is 6.63. The third-order valence-electron chi connectivity index (χ3n) is 3.29. The Morgan fingerprint density at radius 2 is 2.18 bits per heavy atom. The summed E-state index contributed by atoms with van der Waals surface area (Å²) < 4.78 is 0. The molecule has 17 heavy (non-hydrogen) atoms. The molecule has 1 rings (SSSR count). The first-order chi connectivity index (χ1) is 7.95. The molecule has 0 aromatic heterocycles. The molecule has 0 aliphatic carbocycles. The molecule has 1 aliphatic heterocycles. The van der Waals surface area contributed by atoms with Gasteiger partial charge in [-0.1, -0.05) is 39.3 Å². The van der Waals surface area contributed by atoms with Gasteiger partial charge in [0.05, 0.1) is 0 Å². The lowest BCUT2D eigenvalue weighted by molar-refractivity contribution is -0.130. The smallest absolute Gasteiger partial charge is 0.224 e. The van der Waals surface area contributed by atoms with Gasteiger partial charge in [0.1, 0.15) is 0 Å². The van der Waals surface area contributed by atoms with Gasteiger partial charge in [0.25, 0.3) is 0 Å². The SMILES string of the molecule is CCNCCC(=O)N1CC=C(C(C)(C)C)CC1. The lowest BCUT2D eigenvalue weighted by Gasteiger charge is -2.32. The summed E-state index contributed by atoms with van der Waals surface area (Å²) in [6.07, 6.45) is 3.87. The Hall–Kier alpha value is -0.830. The van der Waals surface area contributed by atoms with Gasteiger partial charge in [-0.05, 0) is 18.4 Å². The average molecular weight is 238 g/mol. The molecule has 0 radical (unpaired) electrons. The monoisotopic (exact) mass is 238 g/mol. The predicted molar refractivity (Wildman–Crippen MR) is 71.9 cm³/mol. The summed E-state index contributed by atoms with van der Waals surface area (Å²) in [5, 5.41) is 3.19. The second-order valence-corrected chi connectivity index (χ2v) is 5.67. The summed E-state index contributed by atoms with van der Waals surface area (Å²) in [6.45, 7) is 12.2. The van der Waals surface area contributed by atoms with Gasteiger partial charge in [-0.25, -0.2) is 0 Å². The van der Waals surface area contributed by atoms with E-state index in [1.54, 1.807) is 0 Å². The van der Waals surface area contributed by atoms with Crippen LogP contribution in [0.5, 0.6) is 0 Å². The average Bonchev–Trinajstić information content (AvgIpc) is 2.28. The fourth-order valence-corrected chi connectivity index (χ4v) is 2.11. The van der Waals surface area contributed by atoms with Gasteiger partial charge in [0.2, 0.25) is 5.91 Å². The molecule has 0 atom stereocenters. The van der Waals surface area contributed by atoms with Crippen molar-refractivity contribution in [3.63, 3.8) is 0 Å². The van der Waals surface area contributed by atoms with Crippen LogP contribution >= 0.6 is 0 Å². The number of nitrogens with zero attached hydrogens (tertiary/aromatic N) is 1. The Balaban J connectivity index is 2.41. The molecule has 98 valence electrons. The molecule has 1 N–H and O–H groups in total. The van der Waals surface area contributed by atoms with E-state index >= 15 is 0 Å². The van der Waals surface area contributed by atoms with Crippen LogP contribution in [0.25, 0.3) is 0 Å². The molecule has 1 heterocycles. The minimum Gasteiger partial charge on any atom is -0.339 e. The highest BCUT2D eigenvalue weighted by molar-refractivity contribution is 5.76. The Morgan fingerprint density at radius 1 is 1.47 bits per heavy atom. The highest BCUT2D eigenvalue weighted by Crippen LogP contribution is 2.30. The van der Waals surface area contributed by atoms with E-state index in [0.717, 1.165) is 32.6 Å². The molecular weight excluding hydrogens is 212 g/mol. The van der Waals surface area contributed by atoms with Crippen molar-refractivity contribution in [3.8, 4) is 0 Å². The summed E-state index contributed by atoms with van der Waals surface area (Å²) in [4.78, 5) is 13.9. The number of carbonyl (C=O) groups excluding carboxylic acids is 1. The zero-order chi connectivity index (χ0) is 12.9. The maximum Gasteiger partial charge on any atom is 0.224 e. The molecule has 3 heteroatoms. The zero-order valence-corrected chi connectivity index (χ0v) is 11.7. The second kappa shape index (κ2) is 6.20. The molecule has 0 unspecified atom stereocenters. The summed E-state index contributed by atoms with van der Waals surface area (Å²) in [5.41, 5.74) is 1.73. The van der Waals surface area contributed by atoms with Gasteiger partial charge in [-0.15, -0.1) is 0 Å². The van der Waals surface area contributed by atoms with Gasteiger partial charge in [-0.3, -0.25) is 4.79 Å². The number of hydrogen-bond donors (Lipinski definition) is 1. The number of hydrogen-bond acceptors (Lipinski definition) is 2. The van der Waals surface area contributed by atoms with Crippen LogP contribution in [0, 0.1) is 5.41 Å². The predicted octanol–water partition coefficient (Wildman–Crippen LogP) is 2.19. The first-order valence-corrected chi connectivity index (χ1v) is 6.63. The number of nitrogens with one attached hydrogen (secondary N) is 1. The summed E-state index contributed by atoms with van der Waals surface area (Å²) in [5.74, 6) is 0.273. The number of rotatable bonds is 4. The largest absolute Gasteiger partial charge is 0.339 e. The molecule has 0 aromatic rings. The van der Waals surface area contributed by atoms with Gasteiger partial charge >= 0.3 is 0 Å². The standard InChI is InChI=1S/C14H26N2O/c1-5-15-9-6-13(17)16-10-7-12(8-11-16)14(2,3)4/h7,15H,5-6,8-11H2,1-4H3. The number of amides is 1. The Labute approximate surface area is 105 Å². The van der Waals surface area contributed by atoms with E-state index in [2.05, 4.69) is 39.1 Å². The lowest BCUT2D eigenvalue weighted by Crippen LogP contribution is -2.37. The fourth-order valence-electron chi connectivity index (χ4n) is 2.11. The second-order valence-electron chi connectivity index (χ2n) is 5.67. The number of carbonyl (C=O) groups is 1. The highest BCUT2D eigenvalue weighted by Gasteiger charge is 2.23. The molecule has 0 fully saturated rings. The Kier molecular flexibility index (Phi) is 5.19. The molecule has 0 spiro atoms. The van der Waals surface area contributed by atoms with Crippen LogP contribution in [0.2, 0.25) is 0 Å². The minimum atomic E-state index is 0.249. The van der Waals surface area contributed by atoms with Crippen molar-refractivity contribution in [2.45, 2.75) is 40.5 Å². The third kappa shape index (κ3) is 4.50. The van der Waals surface area contributed by atoms with Gasteiger partial charge in [-0.2, -0.15) is 0 Å². The van der Waals surface area contributed by atoms with Crippen molar-refractivity contribution in [2.75, 3.05) is 26.2 Å². The van der Waals surface area contributed by atoms with Gasteiger partial charge in [0, 0.05) is 26.1 Å². The Morgan fingerprint density at radius 3 is 2.65 bits per heavy atom. The van der Waals surface area contributed by atoms with Crippen molar-refractivity contribution in [1.82, 2.24) is 10.2 Å². The van der Waals surface area contributed by atoms with E-state index in [1.807, 2.05) is 4.90 Å². The van der Waals surface area contributed by atoms with E-state index in [1.165, 1.54) is 5.57 Å². The van der Waals surface area contributed by atoms with Crippen molar-refractivity contribution in [3.05, 3.63) is 11.6 Å². The van der Waals surface area contributed by atoms with Crippen LogP contribution in [-0.4, -0.2) is 37.0 Å². The maximum atomic E-state index is 11.9. The van der Waals surface area contributed by atoms with E-state index in [4.69, 9.17) is 0 Å². The van der Waals surface area contributed by atoms with Crippen molar-refractivity contribution in [1.29, 1.82) is 0 Å². The van der Waals surface area contributed by atoms with E-state index in [-0.39, 0.29) is 11.3 Å². The molecule has 0 aromatic carbocycles. The van der Waals surface area contributed by atoms with E-state index < -0.39 is 0 Å².